The molecule has 2 fully saturated rings. The van der Waals surface area contributed by atoms with E-state index in [4.69, 9.17) is 21.7 Å². The molecule has 1 aromatic heterocycles. The standard InChI is InChI=1S/C28H29N3O4S3/c1-34-22-13-17(11-12-21(22)35-18-7-3-2-4-8-18)14-24-27(33)31(28(36)38-24)16-25(32)30-26-20(15-29)19-9-5-6-10-23(19)37-26/h11-14,18H,2-10,16H2,1H3,(H,30,32)/b24-14-. The second-order valence-electron chi connectivity index (χ2n) is 9.63. The second-order valence-corrected chi connectivity index (χ2v) is 12.4. The Balaban J connectivity index is 1.26. The van der Waals surface area contributed by atoms with Gasteiger partial charge in [-0.1, -0.05) is 36.5 Å². The molecule has 0 unspecified atom stereocenters. The molecule has 1 N–H and O–H groups in total. The lowest BCUT2D eigenvalue weighted by Crippen LogP contribution is -2.36. The fourth-order valence-corrected chi connectivity index (χ4v) is 7.61. The predicted molar refractivity (Wildman–Crippen MR) is 155 cm³/mol. The van der Waals surface area contributed by atoms with Crippen LogP contribution in [0.5, 0.6) is 11.5 Å². The van der Waals surface area contributed by atoms with E-state index in [1.807, 2.05) is 18.2 Å². The second kappa shape index (κ2) is 11.9. The summed E-state index contributed by atoms with van der Waals surface area (Å²) in [4.78, 5) is 28.9. The molecule has 7 nitrogen and oxygen atoms in total. The number of anilines is 1. The Morgan fingerprint density at radius 1 is 1.21 bits per heavy atom. The number of nitrogens with one attached hydrogen (secondary N) is 1. The van der Waals surface area contributed by atoms with Crippen LogP contribution in [0.2, 0.25) is 0 Å². The number of thiocarbonyl (C=S) groups is 1. The number of nitriles is 1. The van der Waals surface area contributed by atoms with Gasteiger partial charge in [0.2, 0.25) is 5.91 Å². The van der Waals surface area contributed by atoms with E-state index >= 15 is 0 Å². The molecule has 2 aliphatic carbocycles. The summed E-state index contributed by atoms with van der Waals surface area (Å²) < 4.78 is 12.1. The third-order valence-corrected chi connectivity index (χ3v) is 9.63. The highest BCUT2D eigenvalue weighted by Gasteiger charge is 2.34. The van der Waals surface area contributed by atoms with Crippen LogP contribution in [0.15, 0.2) is 23.1 Å². The number of nitrogens with zero attached hydrogens (tertiary/aromatic N) is 2. The van der Waals surface area contributed by atoms with E-state index in [2.05, 4.69) is 11.4 Å². The quantitative estimate of drug-likeness (QED) is 0.321. The first-order valence-electron chi connectivity index (χ1n) is 12.9. The van der Waals surface area contributed by atoms with Crippen molar-refractivity contribution in [3.63, 3.8) is 0 Å². The molecule has 1 aliphatic heterocycles. The van der Waals surface area contributed by atoms with Crippen molar-refractivity contribution < 1.29 is 19.1 Å². The Morgan fingerprint density at radius 3 is 2.76 bits per heavy atom. The van der Waals surface area contributed by atoms with Gasteiger partial charge in [0.15, 0.2) is 11.5 Å². The molecule has 198 valence electrons. The van der Waals surface area contributed by atoms with Crippen LogP contribution in [0.25, 0.3) is 6.08 Å². The molecule has 5 rings (SSSR count). The topological polar surface area (TPSA) is 91.7 Å². The number of hydrogen-bond acceptors (Lipinski definition) is 8. The molecule has 0 radical (unpaired) electrons. The molecular formula is C28H29N3O4S3. The first-order valence-corrected chi connectivity index (χ1v) is 15.0. The molecule has 1 saturated carbocycles. The Hall–Kier alpha value is -2.87. The fourth-order valence-electron chi connectivity index (χ4n) is 5.10. The third kappa shape index (κ3) is 5.75. The van der Waals surface area contributed by atoms with Crippen molar-refractivity contribution in [2.45, 2.75) is 63.9 Å². The van der Waals surface area contributed by atoms with Crippen LogP contribution in [0, 0.1) is 11.3 Å². The number of methoxy groups -OCH3 is 1. The van der Waals surface area contributed by atoms with Gasteiger partial charge in [-0.25, -0.2) is 0 Å². The summed E-state index contributed by atoms with van der Waals surface area (Å²) in [6.45, 7) is -0.201. The molecular weight excluding hydrogens is 539 g/mol. The maximum Gasteiger partial charge on any atom is 0.266 e. The van der Waals surface area contributed by atoms with Gasteiger partial charge in [0.05, 0.1) is 23.7 Å². The van der Waals surface area contributed by atoms with Crippen molar-refractivity contribution >= 4 is 62.5 Å². The summed E-state index contributed by atoms with van der Waals surface area (Å²) in [5.41, 5.74) is 2.39. The summed E-state index contributed by atoms with van der Waals surface area (Å²) in [5, 5.41) is 13.1. The molecule has 1 saturated heterocycles. The molecule has 0 atom stereocenters. The van der Waals surface area contributed by atoms with Crippen molar-refractivity contribution in [2.24, 2.45) is 0 Å². The van der Waals surface area contributed by atoms with E-state index in [-0.39, 0.29) is 24.5 Å². The summed E-state index contributed by atoms with van der Waals surface area (Å²) in [6.07, 6.45) is 11.6. The Kier molecular flexibility index (Phi) is 8.36. The summed E-state index contributed by atoms with van der Waals surface area (Å²) in [6, 6.07) is 7.86. The molecule has 2 aromatic rings. The molecule has 38 heavy (non-hydrogen) atoms. The summed E-state index contributed by atoms with van der Waals surface area (Å²) in [5.74, 6) is 0.630. The van der Waals surface area contributed by atoms with Crippen molar-refractivity contribution in [2.75, 3.05) is 19.0 Å². The van der Waals surface area contributed by atoms with Gasteiger partial charge in [-0.3, -0.25) is 14.5 Å². The van der Waals surface area contributed by atoms with Crippen LogP contribution in [0.4, 0.5) is 5.00 Å². The van der Waals surface area contributed by atoms with Crippen molar-refractivity contribution in [1.29, 1.82) is 5.26 Å². The number of hydrogen-bond donors (Lipinski definition) is 1. The van der Waals surface area contributed by atoms with E-state index in [0.717, 1.165) is 49.7 Å². The number of fused-ring (bicyclic) bond motifs is 1. The molecule has 10 heteroatoms. The Morgan fingerprint density at radius 2 is 2.00 bits per heavy atom. The first-order chi connectivity index (χ1) is 18.5. The van der Waals surface area contributed by atoms with Gasteiger partial charge in [0, 0.05) is 4.88 Å². The van der Waals surface area contributed by atoms with Crippen LogP contribution < -0.4 is 14.8 Å². The Bertz CT molecular complexity index is 1340. The van der Waals surface area contributed by atoms with E-state index in [1.165, 1.54) is 52.1 Å². The van der Waals surface area contributed by atoms with Gasteiger partial charge in [-0.15, -0.1) is 11.3 Å². The molecule has 2 heterocycles. The normalized spacial score (nSPS) is 18.8. The van der Waals surface area contributed by atoms with E-state index in [9.17, 15) is 14.9 Å². The lowest BCUT2D eigenvalue weighted by atomic mass is 9.96. The largest absolute Gasteiger partial charge is 0.493 e. The van der Waals surface area contributed by atoms with Gasteiger partial charge in [-0.05, 0) is 80.7 Å². The number of rotatable bonds is 7. The smallest absolute Gasteiger partial charge is 0.266 e. The zero-order valence-electron chi connectivity index (χ0n) is 21.2. The predicted octanol–water partition coefficient (Wildman–Crippen LogP) is 6.06. The lowest BCUT2D eigenvalue weighted by molar-refractivity contribution is -0.126. The zero-order valence-corrected chi connectivity index (χ0v) is 23.7. The maximum atomic E-state index is 13.1. The summed E-state index contributed by atoms with van der Waals surface area (Å²) in [7, 11) is 1.60. The van der Waals surface area contributed by atoms with Crippen LogP contribution >= 0.6 is 35.3 Å². The van der Waals surface area contributed by atoms with E-state index < -0.39 is 0 Å². The summed E-state index contributed by atoms with van der Waals surface area (Å²) >= 11 is 8.06. The average Bonchev–Trinajstić information content (AvgIpc) is 3.41. The van der Waals surface area contributed by atoms with Crippen molar-refractivity contribution in [1.82, 2.24) is 4.90 Å². The molecule has 0 bridgehead atoms. The Labute approximate surface area is 236 Å². The SMILES string of the molecule is COc1cc(/C=C2\SC(=S)N(CC(=O)Nc3sc4c(c3C#N)CCCC4)C2=O)ccc1OC1CCCCC1. The zero-order chi connectivity index (χ0) is 26.6. The van der Waals surface area contributed by atoms with Gasteiger partial charge in [-0.2, -0.15) is 5.26 Å². The monoisotopic (exact) mass is 567 g/mol. The van der Waals surface area contributed by atoms with Crippen LogP contribution in [-0.4, -0.2) is 40.8 Å². The third-order valence-electron chi connectivity index (χ3n) is 7.04. The van der Waals surface area contributed by atoms with Gasteiger partial charge < -0.3 is 14.8 Å². The highest BCUT2D eigenvalue weighted by atomic mass is 32.2. The molecule has 2 amide bonds. The number of carbonyl (C=O) groups is 2. The van der Waals surface area contributed by atoms with Crippen LogP contribution in [0.3, 0.4) is 0 Å². The lowest BCUT2D eigenvalue weighted by Gasteiger charge is -2.24. The minimum absolute atomic E-state index is 0.201. The molecule has 1 aromatic carbocycles. The number of benzene rings is 1. The first kappa shape index (κ1) is 26.7. The molecule has 3 aliphatic rings. The van der Waals surface area contributed by atoms with Crippen molar-refractivity contribution in [3.05, 3.63) is 44.7 Å². The van der Waals surface area contributed by atoms with E-state index in [0.29, 0.717) is 31.3 Å². The average molecular weight is 568 g/mol. The van der Waals surface area contributed by atoms with Crippen molar-refractivity contribution in [3.8, 4) is 17.6 Å². The maximum absolute atomic E-state index is 13.1. The van der Waals surface area contributed by atoms with Gasteiger partial charge >= 0.3 is 0 Å². The fraction of sp³-hybridized carbons (Fsp3) is 0.429. The number of thioether (sulfide) groups is 1. The minimum Gasteiger partial charge on any atom is -0.493 e. The number of carbonyl (C=O) groups excluding carboxylic acids is 2. The van der Waals surface area contributed by atoms with Crippen LogP contribution in [-0.2, 0) is 22.4 Å². The highest BCUT2D eigenvalue weighted by Crippen LogP contribution is 2.38. The minimum atomic E-state index is -0.372. The van der Waals surface area contributed by atoms with Gasteiger partial charge in [0.25, 0.3) is 5.91 Å². The number of amides is 2. The molecule has 0 spiro atoms. The number of aryl methyl sites for hydroxylation is 1. The highest BCUT2D eigenvalue weighted by molar-refractivity contribution is 8.26. The van der Waals surface area contributed by atoms with Crippen LogP contribution in [0.1, 0.15) is 66.5 Å². The number of ether oxygens (including phenoxy) is 2. The number of thiophene rings is 1. The van der Waals surface area contributed by atoms with E-state index in [1.54, 1.807) is 13.2 Å². The van der Waals surface area contributed by atoms with Gasteiger partial charge in [0.1, 0.15) is 21.9 Å².